The lowest BCUT2D eigenvalue weighted by atomic mass is 10.1. The maximum atomic E-state index is 12.6. The van der Waals surface area contributed by atoms with Gasteiger partial charge in [-0.25, -0.2) is 0 Å². The number of benzene rings is 1. The molecule has 29 heavy (non-hydrogen) atoms. The molecular weight excluding hydrogens is 390 g/mol. The van der Waals surface area contributed by atoms with Crippen molar-refractivity contribution >= 4 is 17.5 Å². The third-order valence-electron chi connectivity index (χ3n) is 4.45. The van der Waals surface area contributed by atoms with Gasteiger partial charge in [-0.05, 0) is 49.4 Å². The van der Waals surface area contributed by atoms with E-state index >= 15 is 0 Å². The molecule has 0 radical (unpaired) electrons. The molecule has 0 unspecified atom stereocenters. The van der Waals surface area contributed by atoms with Crippen LogP contribution in [-0.4, -0.2) is 33.4 Å². The maximum absolute atomic E-state index is 12.6. The lowest BCUT2D eigenvalue weighted by molar-refractivity contribution is 0.102. The fourth-order valence-corrected chi connectivity index (χ4v) is 3.74. The third-order valence-corrected chi connectivity index (χ3v) is 5.42. The molecule has 0 fully saturated rings. The Morgan fingerprint density at radius 3 is 2.59 bits per heavy atom. The molecule has 1 aromatic carbocycles. The quantitative estimate of drug-likeness (QED) is 0.313. The van der Waals surface area contributed by atoms with Crippen molar-refractivity contribution in [1.29, 1.82) is 0 Å². The Morgan fingerprint density at radius 2 is 1.93 bits per heavy atom. The van der Waals surface area contributed by atoms with E-state index in [0.717, 1.165) is 17.1 Å². The first-order valence-corrected chi connectivity index (χ1v) is 9.94. The van der Waals surface area contributed by atoms with Crippen LogP contribution in [0.4, 0.5) is 0 Å². The van der Waals surface area contributed by atoms with Crippen LogP contribution in [0, 0.1) is 6.92 Å². The number of carbonyl (C=O) groups excluding carboxylic acids is 1. The SMILES string of the molecule is COc1ccc(C(=O)CSc2nnc(-c3ccoc3C)n2Cc2ccco2)cc1. The fraction of sp³-hybridized carbons (Fsp3) is 0.190. The molecule has 0 amide bonds. The van der Waals surface area contributed by atoms with Gasteiger partial charge in [0.25, 0.3) is 0 Å². The molecule has 0 bridgehead atoms. The van der Waals surface area contributed by atoms with Crippen molar-refractivity contribution in [2.24, 2.45) is 0 Å². The van der Waals surface area contributed by atoms with Gasteiger partial charge >= 0.3 is 0 Å². The topological polar surface area (TPSA) is 83.3 Å². The van der Waals surface area contributed by atoms with Crippen LogP contribution in [0.3, 0.4) is 0 Å². The van der Waals surface area contributed by atoms with E-state index in [9.17, 15) is 4.79 Å². The summed E-state index contributed by atoms with van der Waals surface area (Å²) in [5.41, 5.74) is 1.48. The highest BCUT2D eigenvalue weighted by Gasteiger charge is 2.19. The molecule has 4 rings (SSSR count). The number of hydrogen-bond donors (Lipinski definition) is 0. The van der Waals surface area contributed by atoms with Crippen molar-refractivity contribution in [3.63, 3.8) is 0 Å². The van der Waals surface area contributed by atoms with E-state index in [0.29, 0.717) is 28.8 Å². The van der Waals surface area contributed by atoms with Crippen LogP contribution in [0.1, 0.15) is 21.9 Å². The van der Waals surface area contributed by atoms with E-state index in [2.05, 4.69) is 10.2 Å². The van der Waals surface area contributed by atoms with E-state index in [4.69, 9.17) is 13.6 Å². The Hall–Kier alpha value is -3.26. The third kappa shape index (κ3) is 4.12. The number of hydrogen-bond acceptors (Lipinski definition) is 7. The second-order valence-electron chi connectivity index (χ2n) is 6.30. The van der Waals surface area contributed by atoms with Crippen LogP contribution < -0.4 is 4.74 Å². The predicted octanol–water partition coefficient (Wildman–Crippen LogP) is 4.47. The first kappa shape index (κ1) is 19.1. The molecule has 0 spiro atoms. The van der Waals surface area contributed by atoms with Crippen molar-refractivity contribution < 1.29 is 18.4 Å². The van der Waals surface area contributed by atoms with E-state index < -0.39 is 0 Å². The van der Waals surface area contributed by atoms with Crippen LogP contribution in [0.5, 0.6) is 5.75 Å². The molecule has 4 aromatic rings. The molecule has 8 heteroatoms. The number of rotatable bonds is 8. The fourth-order valence-electron chi connectivity index (χ4n) is 2.90. The molecule has 0 aliphatic carbocycles. The number of aryl methyl sites for hydroxylation is 1. The minimum absolute atomic E-state index is 0.00578. The van der Waals surface area contributed by atoms with Crippen LogP contribution in [-0.2, 0) is 6.54 Å². The maximum Gasteiger partial charge on any atom is 0.192 e. The predicted molar refractivity (Wildman–Crippen MR) is 108 cm³/mol. The molecule has 7 nitrogen and oxygen atoms in total. The van der Waals surface area contributed by atoms with Gasteiger partial charge < -0.3 is 13.6 Å². The number of Topliss-reactive ketones (excluding diaryl/α,β-unsaturated/α-hetero) is 1. The van der Waals surface area contributed by atoms with Crippen molar-refractivity contribution in [3.05, 3.63) is 72.1 Å². The summed E-state index contributed by atoms with van der Waals surface area (Å²) in [6, 6.07) is 12.7. The van der Waals surface area contributed by atoms with Crippen molar-refractivity contribution in [2.75, 3.05) is 12.9 Å². The normalized spacial score (nSPS) is 11.0. The zero-order valence-corrected chi connectivity index (χ0v) is 16.8. The van der Waals surface area contributed by atoms with Gasteiger partial charge in [0.1, 0.15) is 17.3 Å². The Kier molecular flexibility index (Phi) is 5.53. The minimum atomic E-state index is 0.00578. The molecule has 148 valence electrons. The number of aromatic nitrogens is 3. The summed E-state index contributed by atoms with van der Waals surface area (Å²) < 4.78 is 18.0. The number of methoxy groups -OCH3 is 1. The second kappa shape index (κ2) is 8.40. The summed E-state index contributed by atoms with van der Waals surface area (Å²) in [6.45, 7) is 2.33. The molecule has 0 aliphatic heterocycles. The monoisotopic (exact) mass is 409 g/mol. The summed E-state index contributed by atoms with van der Waals surface area (Å²) in [6.07, 6.45) is 3.25. The van der Waals surface area contributed by atoms with Crippen LogP contribution in [0.2, 0.25) is 0 Å². The molecule has 3 heterocycles. The first-order chi connectivity index (χ1) is 14.2. The van der Waals surface area contributed by atoms with Crippen molar-refractivity contribution in [1.82, 2.24) is 14.8 Å². The summed E-state index contributed by atoms with van der Waals surface area (Å²) in [7, 11) is 1.60. The van der Waals surface area contributed by atoms with Crippen molar-refractivity contribution in [3.8, 4) is 17.1 Å². The molecule has 3 aromatic heterocycles. The summed E-state index contributed by atoms with van der Waals surface area (Å²) in [5.74, 6) is 3.16. The largest absolute Gasteiger partial charge is 0.497 e. The summed E-state index contributed by atoms with van der Waals surface area (Å²) in [4.78, 5) is 12.6. The molecule has 0 aliphatic rings. The number of furan rings is 2. The van der Waals surface area contributed by atoms with E-state index in [1.807, 2.05) is 29.7 Å². The van der Waals surface area contributed by atoms with Gasteiger partial charge in [0.15, 0.2) is 16.8 Å². The Balaban J connectivity index is 1.57. The number of ether oxygens (including phenoxy) is 1. The van der Waals surface area contributed by atoms with Gasteiger partial charge in [0.2, 0.25) is 0 Å². The van der Waals surface area contributed by atoms with Gasteiger partial charge in [-0.2, -0.15) is 0 Å². The van der Waals surface area contributed by atoms with Crippen LogP contribution in [0.25, 0.3) is 11.4 Å². The summed E-state index contributed by atoms with van der Waals surface area (Å²) >= 11 is 1.34. The zero-order chi connectivity index (χ0) is 20.2. The highest BCUT2D eigenvalue weighted by molar-refractivity contribution is 7.99. The van der Waals surface area contributed by atoms with Gasteiger partial charge in [0.05, 0.1) is 37.5 Å². The number of thioether (sulfide) groups is 1. The van der Waals surface area contributed by atoms with Gasteiger partial charge in [-0.1, -0.05) is 11.8 Å². The Bertz CT molecular complexity index is 1100. The molecule has 0 saturated heterocycles. The van der Waals surface area contributed by atoms with E-state index in [1.54, 1.807) is 43.9 Å². The number of nitrogens with zero attached hydrogens (tertiary/aromatic N) is 3. The zero-order valence-electron chi connectivity index (χ0n) is 16.0. The average molecular weight is 409 g/mol. The first-order valence-electron chi connectivity index (χ1n) is 8.96. The van der Waals surface area contributed by atoms with E-state index in [-0.39, 0.29) is 11.5 Å². The highest BCUT2D eigenvalue weighted by atomic mass is 32.2. The Morgan fingerprint density at radius 1 is 1.10 bits per heavy atom. The van der Waals surface area contributed by atoms with Gasteiger partial charge in [-0.15, -0.1) is 10.2 Å². The molecular formula is C21H19N3O4S. The minimum Gasteiger partial charge on any atom is -0.497 e. The second-order valence-corrected chi connectivity index (χ2v) is 7.25. The van der Waals surface area contributed by atoms with E-state index in [1.165, 1.54) is 11.8 Å². The lowest BCUT2D eigenvalue weighted by Gasteiger charge is -2.08. The van der Waals surface area contributed by atoms with Crippen LogP contribution in [0.15, 0.2) is 69.0 Å². The Labute approximate surface area is 171 Å². The standard InChI is InChI=1S/C21H19N3O4S/c1-14-18(9-11-27-14)20-22-23-21(24(20)12-17-4-3-10-28-17)29-13-19(25)15-5-7-16(26-2)8-6-15/h3-11H,12-13H2,1-2H3. The average Bonchev–Trinajstić information content (AvgIpc) is 3.49. The van der Waals surface area contributed by atoms with Gasteiger partial charge in [-0.3, -0.25) is 9.36 Å². The lowest BCUT2D eigenvalue weighted by Crippen LogP contribution is -2.07. The molecule has 0 atom stereocenters. The van der Waals surface area contributed by atoms with Crippen LogP contribution >= 0.6 is 11.8 Å². The summed E-state index contributed by atoms with van der Waals surface area (Å²) in [5, 5.41) is 9.28. The smallest absolute Gasteiger partial charge is 0.192 e. The van der Waals surface area contributed by atoms with Crippen molar-refractivity contribution in [2.45, 2.75) is 18.6 Å². The highest BCUT2D eigenvalue weighted by Crippen LogP contribution is 2.28. The van der Waals surface area contributed by atoms with Gasteiger partial charge in [0, 0.05) is 5.56 Å². The number of ketones is 1. The number of carbonyl (C=O) groups is 1. The molecule has 0 saturated carbocycles. The molecule has 0 N–H and O–H groups in total.